The van der Waals surface area contributed by atoms with E-state index in [0.717, 1.165) is 11.1 Å². The Balaban J connectivity index is 2.01. The van der Waals surface area contributed by atoms with Crippen molar-refractivity contribution in [3.8, 4) is 0 Å². The van der Waals surface area contributed by atoms with E-state index in [0.29, 0.717) is 24.3 Å². The minimum atomic E-state index is -0.0833. The molecule has 3 nitrogen and oxygen atoms in total. The van der Waals surface area contributed by atoms with Gasteiger partial charge in [0.25, 0.3) is 0 Å². The van der Waals surface area contributed by atoms with E-state index in [-0.39, 0.29) is 18.6 Å². The van der Waals surface area contributed by atoms with Crippen LogP contribution in [0.5, 0.6) is 0 Å². The Morgan fingerprint density at radius 1 is 1.14 bits per heavy atom. The van der Waals surface area contributed by atoms with E-state index in [1.807, 2.05) is 42.5 Å². The fourth-order valence-corrected chi connectivity index (χ4v) is 2.59. The Kier molecular flexibility index (Phi) is 6.44. The summed E-state index contributed by atoms with van der Waals surface area (Å²) >= 11 is 5.94. The standard InChI is InChI=1S/C18H20ClNO2/c19-16-9-4-6-14(12-16)13-18(22)20-17(10-5-11-21)15-7-2-1-3-8-15/h1-4,6-9,12,17,21H,5,10-11,13H2,(H,20,22). The normalized spacial score (nSPS) is 11.9. The number of benzene rings is 2. The van der Waals surface area contributed by atoms with Gasteiger partial charge in [-0.05, 0) is 36.1 Å². The Labute approximate surface area is 135 Å². The molecule has 1 amide bonds. The van der Waals surface area contributed by atoms with Crippen molar-refractivity contribution in [2.24, 2.45) is 0 Å². The summed E-state index contributed by atoms with van der Waals surface area (Å²) in [5.74, 6) is -0.0472. The molecule has 0 heterocycles. The van der Waals surface area contributed by atoms with Crippen LogP contribution in [0.2, 0.25) is 5.02 Å². The van der Waals surface area contributed by atoms with Crippen LogP contribution in [0.25, 0.3) is 0 Å². The summed E-state index contributed by atoms with van der Waals surface area (Å²) in [6.07, 6.45) is 1.65. The highest BCUT2D eigenvalue weighted by Gasteiger charge is 2.14. The van der Waals surface area contributed by atoms with Crippen LogP contribution in [0.3, 0.4) is 0 Å². The lowest BCUT2D eigenvalue weighted by molar-refractivity contribution is -0.121. The molecule has 0 aromatic heterocycles. The molecule has 2 aromatic rings. The summed E-state index contributed by atoms with van der Waals surface area (Å²) in [4.78, 5) is 12.3. The van der Waals surface area contributed by atoms with Crippen LogP contribution in [-0.2, 0) is 11.2 Å². The van der Waals surface area contributed by atoms with Crippen molar-refractivity contribution >= 4 is 17.5 Å². The molecule has 0 bridgehead atoms. The first-order chi connectivity index (χ1) is 10.7. The molecule has 0 aliphatic heterocycles. The summed E-state index contributed by atoms with van der Waals surface area (Å²) in [5.41, 5.74) is 1.94. The predicted molar refractivity (Wildman–Crippen MR) is 88.8 cm³/mol. The summed E-state index contributed by atoms with van der Waals surface area (Å²) in [5, 5.41) is 12.7. The second kappa shape index (κ2) is 8.57. The second-order valence-electron chi connectivity index (χ2n) is 5.20. The summed E-state index contributed by atoms with van der Waals surface area (Å²) in [6.45, 7) is 0.119. The maximum atomic E-state index is 12.3. The maximum absolute atomic E-state index is 12.3. The molecule has 22 heavy (non-hydrogen) atoms. The number of aliphatic hydroxyl groups excluding tert-OH is 1. The Morgan fingerprint density at radius 3 is 2.59 bits per heavy atom. The Hall–Kier alpha value is -1.84. The summed E-state index contributed by atoms with van der Waals surface area (Å²) in [6, 6.07) is 17.0. The van der Waals surface area contributed by atoms with Crippen molar-refractivity contribution in [2.75, 3.05) is 6.61 Å². The fourth-order valence-electron chi connectivity index (χ4n) is 2.38. The van der Waals surface area contributed by atoms with Gasteiger partial charge in [0.2, 0.25) is 5.91 Å². The monoisotopic (exact) mass is 317 g/mol. The average molecular weight is 318 g/mol. The van der Waals surface area contributed by atoms with E-state index >= 15 is 0 Å². The molecule has 2 N–H and O–H groups in total. The van der Waals surface area contributed by atoms with E-state index in [1.165, 1.54) is 0 Å². The molecular formula is C18H20ClNO2. The molecule has 0 saturated heterocycles. The molecular weight excluding hydrogens is 298 g/mol. The number of carbonyl (C=O) groups is 1. The molecule has 0 aliphatic rings. The summed E-state index contributed by atoms with van der Waals surface area (Å²) < 4.78 is 0. The average Bonchev–Trinajstić information content (AvgIpc) is 2.52. The Morgan fingerprint density at radius 2 is 1.91 bits per heavy atom. The van der Waals surface area contributed by atoms with Gasteiger partial charge in [0.1, 0.15) is 0 Å². The van der Waals surface area contributed by atoms with Gasteiger partial charge in [0.15, 0.2) is 0 Å². The first kappa shape index (κ1) is 16.5. The van der Waals surface area contributed by atoms with Crippen LogP contribution in [0.15, 0.2) is 54.6 Å². The third-order valence-electron chi connectivity index (χ3n) is 3.44. The van der Waals surface area contributed by atoms with E-state index in [4.69, 9.17) is 16.7 Å². The van der Waals surface area contributed by atoms with Gasteiger partial charge in [-0.2, -0.15) is 0 Å². The molecule has 0 radical (unpaired) electrons. The topological polar surface area (TPSA) is 49.3 Å². The number of rotatable bonds is 7. The summed E-state index contributed by atoms with van der Waals surface area (Å²) in [7, 11) is 0. The number of halogens is 1. The molecule has 0 spiro atoms. The van der Waals surface area contributed by atoms with Crippen LogP contribution in [0.4, 0.5) is 0 Å². The van der Waals surface area contributed by atoms with Gasteiger partial charge in [-0.15, -0.1) is 0 Å². The van der Waals surface area contributed by atoms with Crippen molar-refractivity contribution in [2.45, 2.75) is 25.3 Å². The molecule has 0 saturated carbocycles. The first-order valence-electron chi connectivity index (χ1n) is 7.38. The minimum Gasteiger partial charge on any atom is -0.396 e. The van der Waals surface area contributed by atoms with Gasteiger partial charge >= 0.3 is 0 Å². The van der Waals surface area contributed by atoms with E-state index in [9.17, 15) is 4.79 Å². The number of hydrogen-bond acceptors (Lipinski definition) is 2. The molecule has 1 unspecified atom stereocenters. The molecule has 0 aliphatic carbocycles. The van der Waals surface area contributed by atoms with E-state index in [1.54, 1.807) is 12.1 Å². The molecule has 0 fully saturated rings. The van der Waals surface area contributed by atoms with Crippen molar-refractivity contribution in [1.82, 2.24) is 5.32 Å². The SMILES string of the molecule is O=C(Cc1cccc(Cl)c1)NC(CCCO)c1ccccc1. The number of nitrogens with one attached hydrogen (secondary N) is 1. The fraction of sp³-hybridized carbons (Fsp3) is 0.278. The zero-order chi connectivity index (χ0) is 15.8. The van der Waals surface area contributed by atoms with Gasteiger partial charge in [-0.3, -0.25) is 4.79 Å². The largest absolute Gasteiger partial charge is 0.396 e. The third kappa shape index (κ3) is 5.17. The van der Waals surface area contributed by atoms with Crippen molar-refractivity contribution < 1.29 is 9.90 Å². The molecule has 1 atom stereocenters. The molecule has 2 rings (SSSR count). The van der Waals surface area contributed by atoms with Crippen molar-refractivity contribution in [3.63, 3.8) is 0 Å². The zero-order valence-corrected chi connectivity index (χ0v) is 13.1. The third-order valence-corrected chi connectivity index (χ3v) is 3.68. The van der Waals surface area contributed by atoms with Gasteiger partial charge in [0, 0.05) is 11.6 Å². The first-order valence-corrected chi connectivity index (χ1v) is 7.76. The maximum Gasteiger partial charge on any atom is 0.224 e. The van der Waals surface area contributed by atoms with Crippen LogP contribution in [0.1, 0.15) is 30.0 Å². The van der Waals surface area contributed by atoms with Crippen LogP contribution in [-0.4, -0.2) is 17.6 Å². The number of hydrogen-bond donors (Lipinski definition) is 2. The van der Waals surface area contributed by atoms with E-state index < -0.39 is 0 Å². The zero-order valence-electron chi connectivity index (χ0n) is 12.3. The lowest BCUT2D eigenvalue weighted by Crippen LogP contribution is -2.30. The lowest BCUT2D eigenvalue weighted by atomic mass is 10.0. The van der Waals surface area contributed by atoms with E-state index in [2.05, 4.69) is 5.32 Å². The van der Waals surface area contributed by atoms with Crippen molar-refractivity contribution in [3.05, 3.63) is 70.7 Å². The van der Waals surface area contributed by atoms with Gasteiger partial charge in [-0.1, -0.05) is 54.1 Å². The number of aliphatic hydroxyl groups is 1. The van der Waals surface area contributed by atoms with Gasteiger partial charge < -0.3 is 10.4 Å². The predicted octanol–water partition coefficient (Wildman–Crippen LogP) is 3.51. The van der Waals surface area contributed by atoms with Crippen LogP contribution < -0.4 is 5.32 Å². The molecule has 2 aromatic carbocycles. The smallest absolute Gasteiger partial charge is 0.224 e. The molecule has 116 valence electrons. The molecule has 4 heteroatoms. The van der Waals surface area contributed by atoms with Gasteiger partial charge in [0.05, 0.1) is 12.5 Å². The number of carbonyl (C=O) groups excluding carboxylic acids is 1. The highest BCUT2D eigenvalue weighted by Crippen LogP contribution is 2.18. The van der Waals surface area contributed by atoms with Gasteiger partial charge in [-0.25, -0.2) is 0 Å². The minimum absolute atomic E-state index is 0.0472. The van der Waals surface area contributed by atoms with Crippen LogP contribution in [0, 0.1) is 0 Å². The van der Waals surface area contributed by atoms with Crippen molar-refractivity contribution in [1.29, 1.82) is 0 Å². The van der Waals surface area contributed by atoms with Crippen LogP contribution >= 0.6 is 11.6 Å². The number of amides is 1. The highest BCUT2D eigenvalue weighted by atomic mass is 35.5. The quantitative estimate of drug-likeness (QED) is 0.821. The second-order valence-corrected chi connectivity index (χ2v) is 5.64. The lowest BCUT2D eigenvalue weighted by Gasteiger charge is -2.19. The highest BCUT2D eigenvalue weighted by molar-refractivity contribution is 6.30. The Bertz CT molecular complexity index is 601.